The van der Waals surface area contributed by atoms with Gasteiger partial charge in [-0.1, -0.05) is 26.0 Å². The average molecular weight is 275 g/mol. The lowest BCUT2D eigenvalue weighted by atomic mass is 10.0. The number of anilines is 1. The fourth-order valence-corrected chi connectivity index (χ4v) is 2.73. The first-order valence-electron chi connectivity index (χ1n) is 7.44. The molecule has 0 aliphatic carbocycles. The van der Waals surface area contributed by atoms with E-state index in [9.17, 15) is 4.79 Å². The summed E-state index contributed by atoms with van der Waals surface area (Å²) in [6.45, 7) is 6.35. The molecule has 0 bridgehead atoms. The lowest BCUT2D eigenvalue weighted by molar-refractivity contribution is -0.117. The molecular formula is C16H25N3O. The summed E-state index contributed by atoms with van der Waals surface area (Å²) in [6.07, 6.45) is 2.24. The average Bonchev–Trinajstić information content (AvgIpc) is 2.86. The zero-order valence-electron chi connectivity index (χ0n) is 12.4. The molecule has 1 aromatic carbocycles. The van der Waals surface area contributed by atoms with Gasteiger partial charge in [0.2, 0.25) is 5.91 Å². The van der Waals surface area contributed by atoms with Crippen LogP contribution in [0.2, 0.25) is 0 Å². The minimum atomic E-state index is 0.0475. The molecule has 1 aromatic rings. The predicted molar refractivity (Wildman–Crippen MR) is 82.8 cm³/mol. The van der Waals surface area contributed by atoms with Crippen LogP contribution in [0.25, 0.3) is 0 Å². The molecule has 4 heteroatoms. The third-order valence-electron chi connectivity index (χ3n) is 3.95. The normalized spacial score (nSPS) is 19.5. The molecule has 1 unspecified atom stereocenters. The summed E-state index contributed by atoms with van der Waals surface area (Å²) in [5, 5.41) is 2.99. The van der Waals surface area contributed by atoms with Crippen LogP contribution in [0.15, 0.2) is 24.3 Å². The largest absolute Gasteiger partial charge is 0.329 e. The van der Waals surface area contributed by atoms with E-state index in [1.165, 1.54) is 5.56 Å². The Balaban J connectivity index is 1.92. The molecule has 20 heavy (non-hydrogen) atoms. The van der Waals surface area contributed by atoms with Gasteiger partial charge in [-0.25, -0.2) is 0 Å². The summed E-state index contributed by atoms with van der Waals surface area (Å²) in [7, 11) is 0. The van der Waals surface area contributed by atoms with Gasteiger partial charge in [-0.15, -0.1) is 0 Å². The number of nitrogens with zero attached hydrogens (tertiary/aromatic N) is 1. The molecule has 0 aromatic heterocycles. The van der Waals surface area contributed by atoms with Crippen molar-refractivity contribution >= 4 is 11.6 Å². The minimum Gasteiger partial charge on any atom is -0.329 e. The highest BCUT2D eigenvalue weighted by atomic mass is 16.2. The molecular weight excluding hydrogens is 250 g/mol. The molecule has 0 spiro atoms. The van der Waals surface area contributed by atoms with E-state index in [-0.39, 0.29) is 5.91 Å². The lowest BCUT2D eigenvalue weighted by Crippen LogP contribution is -2.40. The molecule has 1 amide bonds. The first kappa shape index (κ1) is 15.0. The van der Waals surface area contributed by atoms with E-state index in [1.54, 1.807) is 0 Å². The number of carbonyl (C=O) groups excluding carboxylic acids is 1. The van der Waals surface area contributed by atoms with Crippen LogP contribution in [0.5, 0.6) is 0 Å². The second kappa shape index (κ2) is 6.86. The maximum atomic E-state index is 12.1. The molecule has 1 saturated heterocycles. The summed E-state index contributed by atoms with van der Waals surface area (Å²) < 4.78 is 0. The number of hydrogen-bond acceptors (Lipinski definition) is 3. The van der Waals surface area contributed by atoms with E-state index < -0.39 is 0 Å². The van der Waals surface area contributed by atoms with E-state index in [1.807, 2.05) is 18.2 Å². The maximum absolute atomic E-state index is 12.1. The Morgan fingerprint density at radius 3 is 3.00 bits per heavy atom. The Morgan fingerprint density at radius 2 is 2.30 bits per heavy atom. The molecule has 110 valence electrons. The van der Waals surface area contributed by atoms with Gasteiger partial charge >= 0.3 is 0 Å². The minimum absolute atomic E-state index is 0.0475. The molecule has 1 heterocycles. The summed E-state index contributed by atoms with van der Waals surface area (Å²) in [6, 6.07) is 8.43. The summed E-state index contributed by atoms with van der Waals surface area (Å²) in [4.78, 5) is 14.3. The van der Waals surface area contributed by atoms with Crippen molar-refractivity contribution in [3.8, 4) is 0 Å². The van der Waals surface area contributed by atoms with Gasteiger partial charge < -0.3 is 11.1 Å². The Morgan fingerprint density at radius 1 is 1.50 bits per heavy atom. The zero-order valence-corrected chi connectivity index (χ0v) is 12.4. The van der Waals surface area contributed by atoms with Crippen molar-refractivity contribution in [3.63, 3.8) is 0 Å². The highest BCUT2D eigenvalue weighted by Gasteiger charge is 2.24. The molecule has 3 N–H and O–H groups in total. The van der Waals surface area contributed by atoms with E-state index >= 15 is 0 Å². The van der Waals surface area contributed by atoms with Crippen molar-refractivity contribution in [2.75, 3.05) is 25.0 Å². The first-order chi connectivity index (χ1) is 9.60. The molecule has 0 saturated carbocycles. The number of amides is 1. The smallest absolute Gasteiger partial charge is 0.238 e. The standard InChI is InChI=1S/C16H25N3O/c1-12(2)13-5-3-6-14(9-13)18-16(20)11-19-8-4-7-15(19)10-17/h3,5-6,9,12,15H,4,7-8,10-11,17H2,1-2H3,(H,18,20). The van der Waals surface area contributed by atoms with E-state index in [0.717, 1.165) is 25.1 Å². The van der Waals surface area contributed by atoms with Gasteiger partial charge in [0.15, 0.2) is 0 Å². The van der Waals surface area contributed by atoms with Crippen LogP contribution in [-0.4, -0.2) is 36.5 Å². The second-order valence-electron chi connectivity index (χ2n) is 5.83. The van der Waals surface area contributed by atoms with Crippen LogP contribution in [-0.2, 0) is 4.79 Å². The van der Waals surface area contributed by atoms with Crippen molar-refractivity contribution in [1.82, 2.24) is 4.90 Å². The van der Waals surface area contributed by atoms with E-state index in [4.69, 9.17) is 5.73 Å². The zero-order chi connectivity index (χ0) is 14.5. The molecule has 1 aliphatic heterocycles. The topological polar surface area (TPSA) is 58.4 Å². The van der Waals surface area contributed by atoms with Gasteiger partial charge in [0.05, 0.1) is 6.54 Å². The van der Waals surface area contributed by atoms with Crippen molar-refractivity contribution in [3.05, 3.63) is 29.8 Å². The fourth-order valence-electron chi connectivity index (χ4n) is 2.73. The van der Waals surface area contributed by atoms with Crippen molar-refractivity contribution in [2.45, 2.75) is 38.6 Å². The van der Waals surface area contributed by atoms with Crippen LogP contribution < -0.4 is 11.1 Å². The number of carbonyl (C=O) groups is 1. The summed E-state index contributed by atoms with van der Waals surface area (Å²) >= 11 is 0. The molecule has 0 radical (unpaired) electrons. The van der Waals surface area contributed by atoms with Crippen LogP contribution in [0.3, 0.4) is 0 Å². The predicted octanol–water partition coefficient (Wildman–Crippen LogP) is 2.17. The Labute approximate surface area is 121 Å². The highest BCUT2D eigenvalue weighted by molar-refractivity contribution is 5.92. The Hall–Kier alpha value is -1.39. The van der Waals surface area contributed by atoms with E-state index in [2.05, 4.69) is 30.1 Å². The fraction of sp³-hybridized carbons (Fsp3) is 0.562. The van der Waals surface area contributed by atoms with Gasteiger partial charge in [-0.2, -0.15) is 0 Å². The number of benzene rings is 1. The van der Waals surface area contributed by atoms with Crippen molar-refractivity contribution < 1.29 is 4.79 Å². The lowest BCUT2D eigenvalue weighted by Gasteiger charge is -2.22. The monoisotopic (exact) mass is 275 g/mol. The van der Waals surface area contributed by atoms with Crippen LogP contribution in [0.1, 0.15) is 38.2 Å². The van der Waals surface area contributed by atoms with Gasteiger partial charge in [0.25, 0.3) is 0 Å². The Bertz CT molecular complexity index is 459. The molecule has 2 rings (SSSR count). The number of nitrogens with two attached hydrogens (primary N) is 1. The molecule has 1 atom stereocenters. The number of nitrogens with one attached hydrogen (secondary N) is 1. The van der Waals surface area contributed by atoms with Gasteiger partial charge in [0, 0.05) is 18.3 Å². The van der Waals surface area contributed by atoms with E-state index in [0.29, 0.717) is 25.0 Å². The summed E-state index contributed by atoms with van der Waals surface area (Å²) in [5.74, 6) is 0.512. The van der Waals surface area contributed by atoms with Gasteiger partial charge in [-0.05, 0) is 43.0 Å². The van der Waals surface area contributed by atoms with Crippen LogP contribution in [0, 0.1) is 0 Å². The number of likely N-dealkylation sites (tertiary alicyclic amines) is 1. The maximum Gasteiger partial charge on any atom is 0.238 e. The summed E-state index contributed by atoms with van der Waals surface area (Å²) in [5.41, 5.74) is 7.85. The second-order valence-corrected chi connectivity index (χ2v) is 5.83. The van der Waals surface area contributed by atoms with Gasteiger partial charge in [-0.3, -0.25) is 9.69 Å². The third kappa shape index (κ3) is 3.81. The van der Waals surface area contributed by atoms with Crippen molar-refractivity contribution in [2.24, 2.45) is 5.73 Å². The molecule has 1 fully saturated rings. The highest BCUT2D eigenvalue weighted by Crippen LogP contribution is 2.19. The first-order valence-corrected chi connectivity index (χ1v) is 7.44. The third-order valence-corrected chi connectivity index (χ3v) is 3.95. The van der Waals surface area contributed by atoms with Crippen LogP contribution >= 0.6 is 0 Å². The van der Waals surface area contributed by atoms with Crippen LogP contribution in [0.4, 0.5) is 5.69 Å². The quantitative estimate of drug-likeness (QED) is 0.866. The Kier molecular flexibility index (Phi) is 5.15. The van der Waals surface area contributed by atoms with Crippen molar-refractivity contribution in [1.29, 1.82) is 0 Å². The van der Waals surface area contributed by atoms with Gasteiger partial charge in [0.1, 0.15) is 0 Å². The molecule has 1 aliphatic rings. The molecule has 4 nitrogen and oxygen atoms in total. The SMILES string of the molecule is CC(C)c1cccc(NC(=O)CN2CCCC2CN)c1. The number of hydrogen-bond donors (Lipinski definition) is 2. The number of rotatable bonds is 5.